The molecule has 4 aromatic rings. The van der Waals surface area contributed by atoms with Crippen LogP contribution in [0, 0.1) is 0 Å². The van der Waals surface area contributed by atoms with Crippen LogP contribution in [0.4, 0.5) is 5.69 Å². The molecule has 1 amide bonds. The van der Waals surface area contributed by atoms with E-state index in [-0.39, 0.29) is 5.91 Å². The Bertz CT molecular complexity index is 1320. The first kappa shape index (κ1) is 22.0. The standard InChI is InChI=1S/C26H20Cl2N2O2S/c1-16-26(31)30(14-18-7-9-20(27)21(28)11-18)23-13-19(8-10-24(23)32-16)22-15-33-25(29-22)12-17-5-3-2-4-6-17/h2-11,13,15-16H,12,14H2,1H3. The summed E-state index contributed by atoms with van der Waals surface area (Å²) < 4.78 is 5.87. The van der Waals surface area contributed by atoms with Crippen molar-refractivity contribution in [3.05, 3.63) is 98.3 Å². The number of rotatable bonds is 5. The van der Waals surface area contributed by atoms with E-state index >= 15 is 0 Å². The number of amides is 1. The Morgan fingerprint density at radius 3 is 2.61 bits per heavy atom. The van der Waals surface area contributed by atoms with E-state index in [0.717, 1.165) is 33.9 Å². The highest BCUT2D eigenvalue weighted by Crippen LogP contribution is 2.39. The molecule has 5 rings (SSSR count). The summed E-state index contributed by atoms with van der Waals surface area (Å²) in [6.45, 7) is 2.13. The van der Waals surface area contributed by atoms with Gasteiger partial charge in [-0.25, -0.2) is 4.98 Å². The molecule has 0 saturated carbocycles. The van der Waals surface area contributed by atoms with E-state index in [2.05, 4.69) is 17.5 Å². The number of nitrogens with zero attached hydrogens (tertiary/aromatic N) is 2. The minimum atomic E-state index is -0.567. The lowest BCUT2D eigenvalue weighted by atomic mass is 10.1. The van der Waals surface area contributed by atoms with E-state index in [4.69, 9.17) is 32.9 Å². The molecule has 33 heavy (non-hydrogen) atoms. The number of hydrogen-bond donors (Lipinski definition) is 0. The van der Waals surface area contributed by atoms with Gasteiger partial charge in [-0.15, -0.1) is 11.3 Å². The van der Waals surface area contributed by atoms with Crippen molar-refractivity contribution in [2.45, 2.75) is 26.0 Å². The summed E-state index contributed by atoms with van der Waals surface area (Å²) in [6, 6.07) is 21.6. The van der Waals surface area contributed by atoms with Gasteiger partial charge in [0.25, 0.3) is 5.91 Å². The second-order valence-corrected chi connectivity index (χ2v) is 9.66. The van der Waals surface area contributed by atoms with Crippen molar-refractivity contribution in [2.75, 3.05) is 4.90 Å². The summed E-state index contributed by atoms with van der Waals surface area (Å²) in [5.41, 5.74) is 4.66. The van der Waals surface area contributed by atoms with Gasteiger partial charge in [-0.1, -0.05) is 59.6 Å². The fourth-order valence-corrected chi connectivity index (χ4v) is 5.00. The predicted octanol–water partition coefficient (Wildman–Crippen LogP) is 7.02. The molecule has 1 aliphatic rings. The minimum absolute atomic E-state index is 0.103. The Morgan fingerprint density at radius 2 is 1.82 bits per heavy atom. The summed E-state index contributed by atoms with van der Waals surface area (Å²) in [6.07, 6.45) is 0.224. The van der Waals surface area contributed by atoms with E-state index in [1.807, 2.05) is 42.5 Å². The highest BCUT2D eigenvalue weighted by molar-refractivity contribution is 7.10. The third-order valence-corrected chi connectivity index (χ3v) is 7.13. The zero-order chi connectivity index (χ0) is 22.9. The Kier molecular flexibility index (Phi) is 6.11. The van der Waals surface area contributed by atoms with E-state index < -0.39 is 6.10 Å². The quantitative estimate of drug-likeness (QED) is 0.299. The van der Waals surface area contributed by atoms with Gasteiger partial charge in [0.05, 0.1) is 33.0 Å². The number of benzene rings is 3. The number of fused-ring (bicyclic) bond motifs is 1. The normalized spacial score (nSPS) is 15.3. The maximum Gasteiger partial charge on any atom is 0.268 e. The van der Waals surface area contributed by atoms with Gasteiger partial charge in [-0.2, -0.15) is 0 Å². The van der Waals surface area contributed by atoms with Crippen molar-refractivity contribution in [2.24, 2.45) is 0 Å². The first-order valence-electron chi connectivity index (χ1n) is 10.5. The first-order valence-corrected chi connectivity index (χ1v) is 12.2. The monoisotopic (exact) mass is 494 g/mol. The SMILES string of the molecule is CC1Oc2ccc(-c3csc(Cc4ccccc4)n3)cc2N(Cc2ccc(Cl)c(Cl)c2)C1=O. The smallest absolute Gasteiger partial charge is 0.268 e. The summed E-state index contributed by atoms with van der Waals surface area (Å²) in [7, 11) is 0. The molecular formula is C26H20Cl2N2O2S. The van der Waals surface area contributed by atoms with E-state index in [0.29, 0.717) is 22.3 Å². The topological polar surface area (TPSA) is 42.4 Å². The molecule has 166 valence electrons. The third-order valence-electron chi connectivity index (χ3n) is 5.54. The predicted molar refractivity (Wildman–Crippen MR) is 135 cm³/mol. The van der Waals surface area contributed by atoms with Crippen LogP contribution in [-0.4, -0.2) is 17.0 Å². The van der Waals surface area contributed by atoms with Crippen LogP contribution in [-0.2, 0) is 17.8 Å². The van der Waals surface area contributed by atoms with Crippen molar-refractivity contribution in [3.8, 4) is 17.0 Å². The highest BCUT2D eigenvalue weighted by Gasteiger charge is 2.32. The lowest BCUT2D eigenvalue weighted by Crippen LogP contribution is -2.44. The van der Waals surface area contributed by atoms with Gasteiger partial charge in [-0.3, -0.25) is 4.79 Å². The summed E-state index contributed by atoms with van der Waals surface area (Å²) in [4.78, 5) is 19.6. The van der Waals surface area contributed by atoms with Crippen molar-refractivity contribution < 1.29 is 9.53 Å². The molecule has 7 heteroatoms. The Morgan fingerprint density at radius 1 is 1.00 bits per heavy atom. The fourth-order valence-electron chi connectivity index (χ4n) is 3.85. The Hall–Kier alpha value is -2.86. The summed E-state index contributed by atoms with van der Waals surface area (Å²) in [5, 5.41) is 4.05. The van der Waals surface area contributed by atoms with Crippen LogP contribution in [0.1, 0.15) is 23.1 Å². The molecule has 0 fully saturated rings. The van der Waals surface area contributed by atoms with E-state index in [9.17, 15) is 4.79 Å². The van der Waals surface area contributed by atoms with Crippen LogP contribution < -0.4 is 9.64 Å². The molecule has 1 unspecified atom stereocenters. The lowest BCUT2D eigenvalue weighted by molar-refractivity contribution is -0.125. The molecule has 0 saturated heterocycles. The number of aromatic nitrogens is 1. The molecule has 1 atom stereocenters. The van der Waals surface area contributed by atoms with Crippen LogP contribution in [0.3, 0.4) is 0 Å². The number of ether oxygens (including phenoxy) is 1. The molecule has 0 N–H and O–H groups in total. The number of thiazole rings is 1. The number of halogens is 2. The second kappa shape index (κ2) is 9.18. The molecule has 1 aromatic heterocycles. The van der Waals surface area contributed by atoms with Gasteiger partial charge in [0.15, 0.2) is 6.10 Å². The molecule has 1 aliphatic heterocycles. The Balaban J connectivity index is 1.46. The maximum atomic E-state index is 13.0. The molecule has 0 radical (unpaired) electrons. The van der Waals surface area contributed by atoms with Crippen molar-refractivity contribution >= 4 is 46.1 Å². The summed E-state index contributed by atoms with van der Waals surface area (Å²) in [5.74, 6) is 0.569. The largest absolute Gasteiger partial charge is 0.479 e. The van der Waals surface area contributed by atoms with E-state index in [1.54, 1.807) is 35.3 Å². The molecular weight excluding hydrogens is 475 g/mol. The van der Waals surface area contributed by atoms with Crippen molar-refractivity contribution in [1.29, 1.82) is 0 Å². The molecule has 0 bridgehead atoms. The van der Waals surface area contributed by atoms with E-state index in [1.165, 1.54) is 5.56 Å². The lowest BCUT2D eigenvalue weighted by Gasteiger charge is -2.33. The number of hydrogen-bond acceptors (Lipinski definition) is 4. The van der Waals surface area contributed by atoms with Crippen LogP contribution in [0.15, 0.2) is 72.1 Å². The van der Waals surface area contributed by atoms with Gasteiger partial charge in [0.2, 0.25) is 0 Å². The average molecular weight is 495 g/mol. The highest BCUT2D eigenvalue weighted by atomic mass is 35.5. The third kappa shape index (κ3) is 4.62. The van der Waals surface area contributed by atoms with Crippen LogP contribution >= 0.6 is 34.5 Å². The maximum absolute atomic E-state index is 13.0. The second-order valence-electron chi connectivity index (χ2n) is 7.90. The average Bonchev–Trinajstić information content (AvgIpc) is 3.28. The van der Waals surface area contributed by atoms with Crippen molar-refractivity contribution in [1.82, 2.24) is 4.98 Å². The zero-order valence-corrected chi connectivity index (χ0v) is 20.1. The number of anilines is 1. The van der Waals surface area contributed by atoms with Crippen LogP contribution in [0.25, 0.3) is 11.3 Å². The molecule has 0 aliphatic carbocycles. The number of carbonyl (C=O) groups excluding carboxylic acids is 1. The fraction of sp³-hybridized carbons (Fsp3) is 0.154. The first-order chi connectivity index (χ1) is 16.0. The number of carbonyl (C=O) groups is 1. The van der Waals surface area contributed by atoms with Gasteiger partial charge < -0.3 is 9.64 Å². The van der Waals surface area contributed by atoms with Crippen LogP contribution in [0.2, 0.25) is 10.0 Å². The van der Waals surface area contributed by atoms with Gasteiger partial charge in [0, 0.05) is 17.4 Å². The zero-order valence-electron chi connectivity index (χ0n) is 17.8. The Labute approximate surface area is 206 Å². The molecule has 0 spiro atoms. The van der Waals surface area contributed by atoms with Crippen molar-refractivity contribution in [3.63, 3.8) is 0 Å². The van der Waals surface area contributed by atoms with Gasteiger partial charge in [-0.05, 0) is 48.4 Å². The minimum Gasteiger partial charge on any atom is -0.479 e. The molecule has 2 heterocycles. The summed E-state index contributed by atoms with van der Waals surface area (Å²) >= 11 is 13.9. The van der Waals surface area contributed by atoms with Gasteiger partial charge >= 0.3 is 0 Å². The molecule has 3 aromatic carbocycles. The molecule has 4 nitrogen and oxygen atoms in total. The van der Waals surface area contributed by atoms with Gasteiger partial charge in [0.1, 0.15) is 5.75 Å². The van der Waals surface area contributed by atoms with Crippen LogP contribution in [0.5, 0.6) is 5.75 Å².